The van der Waals surface area contributed by atoms with Crippen LogP contribution in [0.3, 0.4) is 0 Å². The average Bonchev–Trinajstić information content (AvgIpc) is 2.14. The molecule has 0 saturated heterocycles. The first-order valence-electron chi connectivity index (χ1n) is 5.05. The first kappa shape index (κ1) is 11.5. The number of nitrogens with one attached hydrogen (secondary N) is 1. The molecular formula is C12H18ClN. The molecule has 0 aromatic heterocycles. The van der Waals surface area contributed by atoms with Crippen molar-refractivity contribution in [1.82, 2.24) is 5.32 Å². The van der Waals surface area contributed by atoms with Gasteiger partial charge in [-0.3, -0.25) is 0 Å². The molecule has 1 unspecified atom stereocenters. The Hall–Kier alpha value is -0.530. The first-order valence-corrected chi connectivity index (χ1v) is 5.43. The highest BCUT2D eigenvalue weighted by atomic mass is 35.5. The minimum Gasteiger partial charge on any atom is -0.316 e. The molecule has 14 heavy (non-hydrogen) atoms. The second-order valence-corrected chi connectivity index (χ2v) is 4.41. The van der Waals surface area contributed by atoms with Crippen molar-refractivity contribution in [3.05, 3.63) is 34.9 Å². The van der Waals surface area contributed by atoms with E-state index >= 15 is 0 Å². The Morgan fingerprint density at radius 3 is 2.57 bits per heavy atom. The summed E-state index contributed by atoms with van der Waals surface area (Å²) in [6.45, 7) is 4.46. The Morgan fingerprint density at radius 2 is 2.07 bits per heavy atom. The fourth-order valence-electron chi connectivity index (χ4n) is 1.59. The lowest BCUT2D eigenvalue weighted by atomic mass is 9.97. The lowest BCUT2D eigenvalue weighted by Crippen LogP contribution is -2.32. The van der Waals surface area contributed by atoms with Gasteiger partial charge in [-0.05, 0) is 37.1 Å². The summed E-state index contributed by atoms with van der Waals surface area (Å²) in [5.41, 5.74) is 1.30. The largest absolute Gasteiger partial charge is 0.316 e. The van der Waals surface area contributed by atoms with Crippen molar-refractivity contribution in [2.24, 2.45) is 5.92 Å². The Labute approximate surface area is 91.5 Å². The van der Waals surface area contributed by atoms with Crippen LogP contribution in [0.15, 0.2) is 24.3 Å². The van der Waals surface area contributed by atoms with Crippen LogP contribution in [0.4, 0.5) is 0 Å². The third kappa shape index (κ3) is 3.32. The van der Waals surface area contributed by atoms with Gasteiger partial charge < -0.3 is 5.32 Å². The van der Waals surface area contributed by atoms with E-state index in [1.54, 1.807) is 0 Å². The summed E-state index contributed by atoms with van der Waals surface area (Å²) < 4.78 is 0. The van der Waals surface area contributed by atoms with Gasteiger partial charge in [0.2, 0.25) is 0 Å². The first-order chi connectivity index (χ1) is 6.63. The summed E-state index contributed by atoms with van der Waals surface area (Å²) in [4.78, 5) is 0. The van der Waals surface area contributed by atoms with Crippen molar-refractivity contribution < 1.29 is 0 Å². The molecule has 0 amide bonds. The van der Waals surface area contributed by atoms with Crippen molar-refractivity contribution in [2.75, 3.05) is 7.05 Å². The van der Waals surface area contributed by atoms with E-state index in [-0.39, 0.29) is 0 Å². The van der Waals surface area contributed by atoms with E-state index in [1.165, 1.54) is 5.56 Å². The molecule has 0 aliphatic carbocycles. The molecule has 1 aromatic rings. The van der Waals surface area contributed by atoms with Crippen LogP contribution < -0.4 is 5.32 Å². The molecule has 0 aliphatic heterocycles. The number of hydrogen-bond acceptors (Lipinski definition) is 1. The molecule has 1 atom stereocenters. The molecule has 1 rings (SSSR count). The summed E-state index contributed by atoms with van der Waals surface area (Å²) >= 11 is 5.93. The van der Waals surface area contributed by atoms with Gasteiger partial charge >= 0.3 is 0 Å². The van der Waals surface area contributed by atoms with Gasteiger partial charge in [0.25, 0.3) is 0 Å². The van der Waals surface area contributed by atoms with E-state index in [0.717, 1.165) is 11.4 Å². The SMILES string of the molecule is CNC(Cc1cccc(Cl)c1)C(C)C. The summed E-state index contributed by atoms with van der Waals surface area (Å²) in [5, 5.41) is 4.15. The zero-order chi connectivity index (χ0) is 10.6. The molecule has 2 heteroatoms. The summed E-state index contributed by atoms with van der Waals surface area (Å²) in [6, 6.07) is 8.60. The summed E-state index contributed by atoms with van der Waals surface area (Å²) in [5.74, 6) is 0.638. The van der Waals surface area contributed by atoms with Gasteiger partial charge in [0.1, 0.15) is 0 Å². The van der Waals surface area contributed by atoms with Crippen LogP contribution in [0.25, 0.3) is 0 Å². The molecule has 0 radical (unpaired) electrons. The van der Waals surface area contributed by atoms with Crippen molar-refractivity contribution in [2.45, 2.75) is 26.3 Å². The van der Waals surface area contributed by atoms with Crippen molar-refractivity contribution in [3.63, 3.8) is 0 Å². The minimum atomic E-state index is 0.522. The van der Waals surface area contributed by atoms with E-state index in [1.807, 2.05) is 25.2 Å². The smallest absolute Gasteiger partial charge is 0.0408 e. The molecule has 1 nitrogen and oxygen atoms in total. The Kier molecular flexibility index (Phi) is 4.43. The molecule has 0 saturated carbocycles. The zero-order valence-electron chi connectivity index (χ0n) is 9.05. The van der Waals surface area contributed by atoms with E-state index in [2.05, 4.69) is 25.2 Å². The number of likely N-dealkylation sites (N-methyl/N-ethyl adjacent to an activating group) is 1. The highest BCUT2D eigenvalue weighted by molar-refractivity contribution is 6.30. The van der Waals surface area contributed by atoms with Gasteiger partial charge in [0.05, 0.1) is 0 Å². The van der Waals surface area contributed by atoms with Gasteiger partial charge in [0.15, 0.2) is 0 Å². The highest BCUT2D eigenvalue weighted by Gasteiger charge is 2.11. The molecular weight excluding hydrogens is 194 g/mol. The third-order valence-corrected chi connectivity index (χ3v) is 2.76. The lowest BCUT2D eigenvalue weighted by Gasteiger charge is -2.20. The predicted molar refractivity (Wildman–Crippen MR) is 62.8 cm³/mol. The summed E-state index contributed by atoms with van der Waals surface area (Å²) in [6.07, 6.45) is 1.04. The minimum absolute atomic E-state index is 0.522. The van der Waals surface area contributed by atoms with Crippen molar-refractivity contribution in [1.29, 1.82) is 0 Å². The highest BCUT2D eigenvalue weighted by Crippen LogP contribution is 2.14. The topological polar surface area (TPSA) is 12.0 Å². The quantitative estimate of drug-likeness (QED) is 0.807. The van der Waals surface area contributed by atoms with Gasteiger partial charge in [-0.25, -0.2) is 0 Å². The molecule has 0 heterocycles. The van der Waals surface area contributed by atoms with Crippen LogP contribution in [-0.2, 0) is 6.42 Å². The lowest BCUT2D eigenvalue weighted by molar-refractivity contribution is 0.424. The van der Waals surface area contributed by atoms with Crippen molar-refractivity contribution in [3.8, 4) is 0 Å². The Morgan fingerprint density at radius 1 is 1.36 bits per heavy atom. The monoisotopic (exact) mass is 211 g/mol. The van der Waals surface area contributed by atoms with E-state index < -0.39 is 0 Å². The predicted octanol–water partition coefficient (Wildman–Crippen LogP) is 3.13. The van der Waals surface area contributed by atoms with E-state index in [4.69, 9.17) is 11.6 Å². The van der Waals surface area contributed by atoms with Crippen LogP contribution in [0.5, 0.6) is 0 Å². The second-order valence-electron chi connectivity index (χ2n) is 3.97. The van der Waals surface area contributed by atoms with Gasteiger partial charge in [-0.2, -0.15) is 0 Å². The maximum atomic E-state index is 5.93. The average molecular weight is 212 g/mol. The maximum absolute atomic E-state index is 5.93. The fraction of sp³-hybridized carbons (Fsp3) is 0.500. The Balaban J connectivity index is 2.67. The molecule has 0 bridgehead atoms. The third-order valence-electron chi connectivity index (χ3n) is 2.52. The number of halogens is 1. The van der Waals surface area contributed by atoms with Gasteiger partial charge in [-0.1, -0.05) is 37.6 Å². The molecule has 0 aliphatic rings. The molecule has 0 fully saturated rings. The number of benzene rings is 1. The van der Waals surface area contributed by atoms with Crippen LogP contribution in [0.2, 0.25) is 5.02 Å². The van der Waals surface area contributed by atoms with E-state index in [0.29, 0.717) is 12.0 Å². The second kappa shape index (κ2) is 5.38. The van der Waals surface area contributed by atoms with E-state index in [9.17, 15) is 0 Å². The Bertz CT molecular complexity index is 283. The fourth-order valence-corrected chi connectivity index (χ4v) is 1.80. The normalized spacial score (nSPS) is 13.2. The standard InChI is InChI=1S/C12H18ClN/c1-9(2)12(14-3)8-10-5-4-6-11(13)7-10/h4-7,9,12,14H,8H2,1-3H3. The molecule has 78 valence electrons. The molecule has 0 spiro atoms. The zero-order valence-corrected chi connectivity index (χ0v) is 9.81. The molecule has 1 aromatic carbocycles. The van der Waals surface area contributed by atoms with Crippen LogP contribution in [-0.4, -0.2) is 13.1 Å². The molecule has 1 N–H and O–H groups in total. The number of rotatable bonds is 4. The van der Waals surface area contributed by atoms with Gasteiger partial charge in [-0.15, -0.1) is 0 Å². The van der Waals surface area contributed by atoms with Crippen molar-refractivity contribution >= 4 is 11.6 Å². The maximum Gasteiger partial charge on any atom is 0.0408 e. The summed E-state index contributed by atoms with van der Waals surface area (Å²) in [7, 11) is 2.01. The van der Waals surface area contributed by atoms with Crippen LogP contribution in [0.1, 0.15) is 19.4 Å². The van der Waals surface area contributed by atoms with Crippen LogP contribution in [0, 0.1) is 5.92 Å². The number of hydrogen-bond donors (Lipinski definition) is 1. The van der Waals surface area contributed by atoms with Gasteiger partial charge in [0, 0.05) is 11.1 Å². The van der Waals surface area contributed by atoms with Crippen LogP contribution >= 0.6 is 11.6 Å².